The summed E-state index contributed by atoms with van der Waals surface area (Å²) < 4.78 is 5.13. The number of nitrogens with two attached hydrogens (primary N) is 1. The smallest absolute Gasteiger partial charge is 0.237 e. The van der Waals surface area contributed by atoms with E-state index in [-0.39, 0.29) is 11.8 Å². The van der Waals surface area contributed by atoms with Gasteiger partial charge in [0, 0.05) is 6.54 Å². The average Bonchev–Trinajstić information content (AvgIpc) is 2.43. The number of amides is 1. The van der Waals surface area contributed by atoms with Gasteiger partial charge in [-0.25, -0.2) is 0 Å². The van der Waals surface area contributed by atoms with Crippen LogP contribution in [0, 0.1) is 5.92 Å². The molecule has 0 bridgehead atoms. The summed E-state index contributed by atoms with van der Waals surface area (Å²) in [6.07, 6.45) is 0.897. The van der Waals surface area contributed by atoms with Crippen LogP contribution in [0.1, 0.15) is 25.8 Å². The van der Waals surface area contributed by atoms with Gasteiger partial charge in [-0.05, 0) is 23.6 Å². The van der Waals surface area contributed by atoms with E-state index in [1.807, 2.05) is 38.1 Å². The molecular formula is C14H22N2O2. The average molecular weight is 250 g/mol. The van der Waals surface area contributed by atoms with E-state index in [1.54, 1.807) is 7.11 Å². The Kier molecular flexibility index (Phi) is 5.65. The Morgan fingerprint density at radius 1 is 1.50 bits per heavy atom. The molecule has 1 unspecified atom stereocenters. The quantitative estimate of drug-likeness (QED) is 0.807. The Morgan fingerprint density at radius 3 is 2.83 bits per heavy atom. The summed E-state index contributed by atoms with van der Waals surface area (Å²) in [6, 6.07) is 7.17. The van der Waals surface area contributed by atoms with Crippen LogP contribution in [0.25, 0.3) is 0 Å². The number of hydrogen-bond donors (Lipinski definition) is 2. The first-order valence-corrected chi connectivity index (χ1v) is 6.24. The minimum absolute atomic E-state index is 0.104. The Hall–Kier alpha value is -1.55. The second kappa shape index (κ2) is 7.01. The van der Waals surface area contributed by atoms with Crippen LogP contribution >= 0.6 is 0 Å². The zero-order valence-corrected chi connectivity index (χ0v) is 11.3. The summed E-state index contributed by atoms with van der Waals surface area (Å²) in [7, 11) is 1.62. The molecule has 0 aromatic heterocycles. The molecule has 2 atom stereocenters. The maximum absolute atomic E-state index is 11.8. The lowest BCUT2D eigenvalue weighted by atomic mass is 9.99. The van der Waals surface area contributed by atoms with Crippen LogP contribution in [0.4, 0.5) is 0 Å². The maximum atomic E-state index is 11.8. The van der Waals surface area contributed by atoms with Crippen LogP contribution in [-0.4, -0.2) is 19.1 Å². The van der Waals surface area contributed by atoms with E-state index in [9.17, 15) is 4.79 Å². The fourth-order valence-electron chi connectivity index (χ4n) is 1.60. The molecule has 0 aliphatic carbocycles. The van der Waals surface area contributed by atoms with Gasteiger partial charge in [0.05, 0.1) is 13.2 Å². The maximum Gasteiger partial charge on any atom is 0.237 e. The van der Waals surface area contributed by atoms with Gasteiger partial charge in [-0.1, -0.05) is 32.4 Å². The molecule has 18 heavy (non-hydrogen) atoms. The van der Waals surface area contributed by atoms with Crippen molar-refractivity contribution in [1.82, 2.24) is 5.32 Å². The number of carbonyl (C=O) groups is 1. The largest absolute Gasteiger partial charge is 0.497 e. The van der Waals surface area contributed by atoms with E-state index in [4.69, 9.17) is 10.5 Å². The molecule has 0 aliphatic heterocycles. The second-order valence-electron chi connectivity index (χ2n) is 4.48. The first-order chi connectivity index (χ1) is 8.58. The molecule has 1 aromatic carbocycles. The lowest BCUT2D eigenvalue weighted by molar-refractivity contribution is -0.123. The Bertz CT molecular complexity index is 393. The van der Waals surface area contributed by atoms with Gasteiger partial charge < -0.3 is 15.8 Å². The first-order valence-electron chi connectivity index (χ1n) is 6.24. The molecular weight excluding hydrogens is 228 g/mol. The van der Waals surface area contributed by atoms with Gasteiger partial charge >= 0.3 is 0 Å². The highest BCUT2D eigenvalue weighted by Gasteiger charge is 2.18. The van der Waals surface area contributed by atoms with Crippen molar-refractivity contribution in [2.24, 2.45) is 11.7 Å². The summed E-state index contributed by atoms with van der Waals surface area (Å²) in [4.78, 5) is 11.8. The van der Waals surface area contributed by atoms with Gasteiger partial charge in [0.15, 0.2) is 0 Å². The summed E-state index contributed by atoms with van der Waals surface area (Å²) in [5, 5.41) is 2.85. The Morgan fingerprint density at radius 2 is 2.22 bits per heavy atom. The van der Waals surface area contributed by atoms with Gasteiger partial charge in [0.25, 0.3) is 0 Å². The van der Waals surface area contributed by atoms with Crippen LogP contribution in [0.15, 0.2) is 24.3 Å². The summed E-state index contributed by atoms with van der Waals surface area (Å²) >= 11 is 0. The fourth-order valence-corrected chi connectivity index (χ4v) is 1.60. The number of nitrogens with one attached hydrogen (secondary N) is 1. The third kappa shape index (κ3) is 4.04. The van der Waals surface area contributed by atoms with Crippen molar-refractivity contribution >= 4 is 5.91 Å². The van der Waals surface area contributed by atoms with Gasteiger partial charge in [-0.15, -0.1) is 0 Å². The first kappa shape index (κ1) is 14.5. The fraction of sp³-hybridized carbons (Fsp3) is 0.500. The molecule has 100 valence electrons. The van der Waals surface area contributed by atoms with E-state index < -0.39 is 6.04 Å². The minimum Gasteiger partial charge on any atom is -0.497 e. The molecule has 1 amide bonds. The standard InChI is InChI=1S/C14H22N2O2/c1-4-10(2)13(15)14(17)16-9-11-6-5-7-12(8-11)18-3/h5-8,10,13H,4,9,15H2,1-3H3,(H,16,17)/t10?,13-/m0/s1. The SMILES string of the molecule is CCC(C)[C@H](N)C(=O)NCc1cccc(OC)c1. The van der Waals surface area contributed by atoms with Gasteiger partial charge in [-0.3, -0.25) is 4.79 Å². The van der Waals surface area contributed by atoms with Crippen molar-refractivity contribution in [3.63, 3.8) is 0 Å². The molecule has 0 saturated carbocycles. The molecule has 4 heteroatoms. The van der Waals surface area contributed by atoms with Crippen LogP contribution in [0.2, 0.25) is 0 Å². The topological polar surface area (TPSA) is 64.4 Å². The predicted octanol–water partition coefficient (Wildman–Crippen LogP) is 1.68. The molecule has 3 N–H and O–H groups in total. The van der Waals surface area contributed by atoms with E-state index in [0.717, 1.165) is 17.7 Å². The summed E-state index contributed by atoms with van der Waals surface area (Å²) in [5.74, 6) is 0.871. The minimum atomic E-state index is -0.444. The van der Waals surface area contributed by atoms with Crippen molar-refractivity contribution in [3.05, 3.63) is 29.8 Å². The van der Waals surface area contributed by atoms with Gasteiger partial charge in [0.1, 0.15) is 5.75 Å². The van der Waals surface area contributed by atoms with Gasteiger partial charge in [0.2, 0.25) is 5.91 Å². The Labute approximate surface area is 109 Å². The number of hydrogen-bond acceptors (Lipinski definition) is 3. The van der Waals surface area contributed by atoms with E-state index in [2.05, 4.69) is 5.32 Å². The molecule has 0 spiro atoms. The molecule has 1 aromatic rings. The van der Waals surface area contributed by atoms with Crippen LogP contribution in [0.3, 0.4) is 0 Å². The highest BCUT2D eigenvalue weighted by molar-refractivity contribution is 5.81. The number of rotatable bonds is 6. The van der Waals surface area contributed by atoms with Crippen LogP contribution < -0.4 is 15.8 Å². The molecule has 0 heterocycles. The molecule has 4 nitrogen and oxygen atoms in total. The molecule has 0 fully saturated rings. The third-order valence-corrected chi connectivity index (χ3v) is 3.16. The van der Waals surface area contributed by atoms with Crippen molar-refractivity contribution in [2.45, 2.75) is 32.9 Å². The lowest BCUT2D eigenvalue weighted by Gasteiger charge is -2.17. The van der Waals surface area contributed by atoms with Crippen molar-refractivity contribution in [2.75, 3.05) is 7.11 Å². The van der Waals surface area contributed by atoms with E-state index in [0.29, 0.717) is 6.54 Å². The number of ether oxygens (including phenoxy) is 1. The third-order valence-electron chi connectivity index (χ3n) is 3.16. The highest BCUT2D eigenvalue weighted by Crippen LogP contribution is 2.12. The summed E-state index contributed by atoms with van der Waals surface area (Å²) in [6.45, 7) is 4.48. The monoisotopic (exact) mass is 250 g/mol. The van der Waals surface area contributed by atoms with E-state index in [1.165, 1.54) is 0 Å². The zero-order valence-electron chi connectivity index (χ0n) is 11.3. The molecule has 1 rings (SSSR count). The number of methoxy groups -OCH3 is 1. The van der Waals surface area contributed by atoms with Crippen LogP contribution in [-0.2, 0) is 11.3 Å². The van der Waals surface area contributed by atoms with Gasteiger partial charge in [-0.2, -0.15) is 0 Å². The normalized spacial score (nSPS) is 13.8. The predicted molar refractivity (Wildman–Crippen MR) is 72.3 cm³/mol. The van der Waals surface area contributed by atoms with E-state index >= 15 is 0 Å². The molecule has 0 aliphatic rings. The second-order valence-corrected chi connectivity index (χ2v) is 4.48. The molecule has 0 saturated heterocycles. The summed E-state index contributed by atoms with van der Waals surface area (Å²) in [5.41, 5.74) is 6.85. The highest BCUT2D eigenvalue weighted by atomic mass is 16.5. The molecule has 0 radical (unpaired) electrons. The van der Waals surface area contributed by atoms with Crippen molar-refractivity contribution in [1.29, 1.82) is 0 Å². The van der Waals surface area contributed by atoms with Crippen LogP contribution in [0.5, 0.6) is 5.75 Å². The number of benzene rings is 1. The Balaban J connectivity index is 2.51. The zero-order chi connectivity index (χ0) is 13.5. The van der Waals surface area contributed by atoms with Crippen molar-refractivity contribution < 1.29 is 9.53 Å². The van der Waals surface area contributed by atoms with Crippen molar-refractivity contribution in [3.8, 4) is 5.75 Å². The number of carbonyl (C=O) groups excluding carboxylic acids is 1. The lowest BCUT2D eigenvalue weighted by Crippen LogP contribution is -2.44.